The van der Waals surface area contributed by atoms with Crippen molar-refractivity contribution in [3.8, 4) is 0 Å². The van der Waals surface area contributed by atoms with E-state index in [1.54, 1.807) is 0 Å². The summed E-state index contributed by atoms with van der Waals surface area (Å²) in [5.41, 5.74) is 1.18. The number of aryl methyl sites for hydroxylation is 1. The van der Waals surface area contributed by atoms with E-state index in [1.165, 1.54) is 18.5 Å². The largest absolute Gasteiger partial charge is 0.465 e. The maximum atomic E-state index is 11.6. The Kier molecular flexibility index (Phi) is 4.96. The van der Waals surface area contributed by atoms with Crippen LogP contribution in [-0.4, -0.2) is 39.6 Å². The standard InChI is InChI=1S/C14H23N3O2/c1-3-7-16-11-15-8-13(16)9-17(12-5-6-12)10-14(18)19-4-2/h8,11-12H,3-7,9-10H2,1-2H3. The summed E-state index contributed by atoms with van der Waals surface area (Å²) >= 11 is 0. The monoisotopic (exact) mass is 265 g/mol. The van der Waals surface area contributed by atoms with E-state index in [0.29, 0.717) is 19.2 Å². The average molecular weight is 265 g/mol. The fourth-order valence-corrected chi connectivity index (χ4v) is 2.26. The first kappa shape index (κ1) is 14.1. The molecular weight excluding hydrogens is 242 g/mol. The molecule has 1 aromatic heterocycles. The van der Waals surface area contributed by atoms with Crippen LogP contribution in [0.25, 0.3) is 0 Å². The van der Waals surface area contributed by atoms with E-state index in [9.17, 15) is 4.79 Å². The zero-order valence-electron chi connectivity index (χ0n) is 11.8. The van der Waals surface area contributed by atoms with Crippen molar-refractivity contribution in [1.82, 2.24) is 14.5 Å². The summed E-state index contributed by atoms with van der Waals surface area (Å²) in [5, 5.41) is 0. The number of ether oxygens (including phenoxy) is 1. The first-order valence-electron chi connectivity index (χ1n) is 7.13. The number of carbonyl (C=O) groups is 1. The van der Waals surface area contributed by atoms with E-state index in [1.807, 2.05) is 19.4 Å². The van der Waals surface area contributed by atoms with Gasteiger partial charge in [-0.05, 0) is 26.2 Å². The molecule has 1 aromatic rings. The van der Waals surface area contributed by atoms with E-state index in [4.69, 9.17) is 4.74 Å². The topological polar surface area (TPSA) is 47.4 Å². The van der Waals surface area contributed by atoms with E-state index in [2.05, 4.69) is 21.4 Å². The molecule has 0 spiro atoms. The Balaban J connectivity index is 1.96. The van der Waals surface area contributed by atoms with Crippen LogP contribution in [0.4, 0.5) is 0 Å². The Morgan fingerprint density at radius 3 is 2.95 bits per heavy atom. The maximum Gasteiger partial charge on any atom is 0.320 e. The smallest absolute Gasteiger partial charge is 0.320 e. The van der Waals surface area contributed by atoms with Crippen LogP contribution in [0.3, 0.4) is 0 Å². The van der Waals surface area contributed by atoms with Crippen LogP contribution in [0, 0.1) is 0 Å². The SMILES string of the molecule is CCCn1cncc1CN(CC(=O)OCC)C1CC1. The molecule has 0 unspecified atom stereocenters. The van der Waals surface area contributed by atoms with Crippen LogP contribution in [0.5, 0.6) is 0 Å². The molecule has 1 saturated carbocycles. The highest BCUT2D eigenvalue weighted by molar-refractivity contribution is 5.71. The number of nitrogens with zero attached hydrogens (tertiary/aromatic N) is 3. The zero-order chi connectivity index (χ0) is 13.7. The quantitative estimate of drug-likeness (QED) is 0.673. The van der Waals surface area contributed by atoms with Crippen LogP contribution in [-0.2, 0) is 22.6 Å². The number of hydrogen-bond donors (Lipinski definition) is 0. The minimum Gasteiger partial charge on any atom is -0.465 e. The van der Waals surface area contributed by atoms with Gasteiger partial charge in [-0.15, -0.1) is 0 Å². The van der Waals surface area contributed by atoms with E-state index in [-0.39, 0.29) is 5.97 Å². The molecule has 1 heterocycles. The molecule has 0 amide bonds. The number of carbonyl (C=O) groups excluding carboxylic acids is 1. The third-order valence-corrected chi connectivity index (χ3v) is 3.33. The summed E-state index contributed by atoms with van der Waals surface area (Å²) in [7, 11) is 0. The Labute approximate surface area is 114 Å². The Morgan fingerprint density at radius 2 is 2.32 bits per heavy atom. The van der Waals surface area contributed by atoms with Crippen molar-refractivity contribution in [3.63, 3.8) is 0 Å². The average Bonchev–Trinajstić information content (AvgIpc) is 3.13. The van der Waals surface area contributed by atoms with Gasteiger partial charge in [-0.3, -0.25) is 9.69 Å². The molecule has 1 fully saturated rings. The minimum atomic E-state index is -0.129. The first-order valence-corrected chi connectivity index (χ1v) is 7.13. The molecular formula is C14H23N3O2. The number of hydrogen-bond acceptors (Lipinski definition) is 4. The van der Waals surface area contributed by atoms with Gasteiger partial charge in [0.25, 0.3) is 0 Å². The molecule has 2 rings (SSSR count). The molecule has 19 heavy (non-hydrogen) atoms. The van der Waals surface area contributed by atoms with Crippen LogP contribution in [0.15, 0.2) is 12.5 Å². The molecule has 5 heteroatoms. The van der Waals surface area contributed by atoms with Crippen LogP contribution < -0.4 is 0 Å². The molecule has 0 bridgehead atoms. The van der Waals surface area contributed by atoms with Crippen LogP contribution >= 0.6 is 0 Å². The molecule has 0 aromatic carbocycles. The maximum absolute atomic E-state index is 11.6. The fourth-order valence-electron chi connectivity index (χ4n) is 2.26. The van der Waals surface area contributed by atoms with Crippen LogP contribution in [0.2, 0.25) is 0 Å². The Hall–Kier alpha value is -1.36. The van der Waals surface area contributed by atoms with Crippen LogP contribution in [0.1, 0.15) is 38.8 Å². The molecule has 0 saturated heterocycles. The second-order valence-corrected chi connectivity index (χ2v) is 5.02. The van der Waals surface area contributed by atoms with Crippen molar-refractivity contribution in [2.45, 2.75) is 52.2 Å². The van der Waals surface area contributed by atoms with Gasteiger partial charge >= 0.3 is 5.97 Å². The summed E-state index contributed by atoms with van der Waals surface area (Å²) in [6, 6.07) is 0.536. The van der Waals surface area contributed by atoms with Gasteiger partial charge in [-0.1, -0.05) is 6.92 Å². The Bertz CT molecular complexity index is 413. The molecule has 0 N–H and O–H groups in total. The number of esters is 1. The highest BCUT2D eigenvalue weighted by Gasteiger charge is 2.31. The van der Waals surface area contributed by atoms with Gasteiger partial charge in [-0.2, -0.15) is 0 Å². The lowest BCUT2D eigenvalue weighted by atomic mass is 10.3. The van der Waals surface area contributed by atoms with Gasteiger partial charge in [0.2, 0.25) is 0 Å². The van der Waals surface area contributed by atoms with Crippen molar-refractivity contribution in [2.24, 2.45) is 0 Å². The Morgan fingerprint density at radius 1 is 1.53 bits per heavy atom. The fraction of sp³-hybridized carbons (Fsp3) is 0.714. The van der Waals surface area contributed by atoms with Gasteiger partial charge < -0.3 is 9.30 Å². The molecule has 5 nitrogen and oxygen atoms in total. The lowest BCUT2D eigenvalue weighted by Crippen LogP contribution is -2.33. The molecule has 106 valence electrons. The molecule has 0 radical (unpaired) electrons. The highest BCUT2D eigenvalue weighted by Crippen LogP contribution is 2.28. The lowest BCUT2D eigenvalue weighted by Gasteiger charge is -2.21. The van der Waals surface area contributed by atoms with E-state index < -0.39 is 0 Å². The normalized spacial score (nSPS) is 14.9. The predicted octanol–water partition coefficient (Wildman–Crippen LogP) is 1.82. The minimum absolute atomic E-state index is 0.129. The lowest BCUT2D eigenvalue weighted by molar-refractivity contribution is -0.144. The first-order chi connectivity index (χ1) is 9.24. The van der Waals surface area contributed by atoms with Crippen molar-refractivity contribution in [1.29, 1.82) is 0 Å². The van der Waals surface area contributed by atoms with E-state index >= 15 is 0 Å². The van der Waals surface area contributed by atoms with Crippen molar-refractivity contribution in [3.05, 3.63) is 18.2 Å². The summed E-state index contributed by atoms with van der Waals surface area (Å²) < 4.78 is 7.21. The predicted molar refractivity (Wildman–Crippen MR) is 72.6 cm³/mol. The highest BCUT2D eigenvalue weighted by atomic mass is 16.5. The second kappa shape index (κ2) is 6.70. The second-order valence-electron chi connectivity index (χ2n) is 5.02. The molecule has 0 atom stereocenters. The summed E-state index contributed by atoms with van der Waals surface area (Å²) in [4.78, 5) is 18.1. The van der Waals surface area contributed by atoms with Gasteiger partial charge in [0.1, 0.15) is 0 Å². The van der Waals surface area contributed by atoms with Crippen molar-refractivity contribution < 1.29 is 9.53 Å². The van der Waals surface area contributed by atoms with Crippen molar-refractivity contribution >= 4 is 5.97 Å². The molecule has 1 aliphatic rings. The summed E-state index contributed by atoms with van der Waals surface area (Å²) in [6.07, 6.45) is 7.22. The molecule has 1 aliphatic carbocycles. The van der Waals surface area contributed by atoms with Crippen molar-refractivity contribution in [2.75, 3.05) is 13.2 Å². The van der Waals surface area contributed by atoms with Gasteiger partial charge in [0, 0.05) is 25.3 Å². The summed E-state index contributed by atoms with van der Waals surface area (Å²) in [6.45, 7) is 6.59. The van der Waals surface area contributed by atoms with Gasteiger partial charge in [0.05, 0.1) is 25.2 Å². The third kappa shape index (κ3) is 4.06. The van der Waals surface area contributed by atoms with E-state index in [0.717, 1.165) is 19.5 Å². The zero-order valence-corrected chi connectivity index (χ0v) is 11.8. The van der Waals surface area contributed by atoms with Gasteiger partial charge in [0.15, 0.2) is 0 Å². The number of rotatable bonds is 8. The van der Waals surface area contributed by atoms with Gasteiger partial charge in [-0.25, -0.2) is 4.98 Å². The summed E-state index contributed by atoms with van der Waals surface area (Å²) in [5.74, 6) is -0.129. The molecule has 0 aliphatic heterocycles. The number of aromatic nitrogens is 2. The third-order valence-electron chi connectivity index (χ3n) is 3.33. The number of imidazole rings is 1.